The topological polar surface area (TPSA) is 101 Å². The summed E-state index contributed by atoms with van der Waals surface area (Å²) < 4.78 is 0. The Labute approximate surface area is 149 Å². The first kappa shape index (κ1) is 17.6. The molecule has 2 aliphatic heterocycles. The number of rotatable bonds is 5. The second kappa shape index (κ2) is 6.95. The molecule has 0 bridgehead atoms. The zero-order chi connectivity index (χ0) is 18.1. The molecule has 2 saturated heterocycles. The number of ketones is 1. The Bertz CT molecular complexity index is 703. The molecule has 8 heteroatoms. The Hall–Kier alpha value is -2.22. The van der Waals surface area contributed by atoms with Crippen LogP contribution < -0.4 is 5.73 Å². The number of thiophene rings is 1. The van der Waals surface area contributed by atoms with Gasteiger partial charge in [-0.1, -0.05) is 13.0 Å². The zero-order valence-corrected chi connectivity index (χ0v) is 14.8. The summed E-state index contributed by atoms with van der Waals surface area (Å²) in [5.74, 6) is -1.20. The van der Waals surface area contributed by atoms with Gasteiger partial charge in [0.2, 0.25) is 11.8 Å². The molecular formula is C17H21N3O4S. The molecule has 0 aliphatic carbocycles. The summed E-state index contributed by atoms with van der Waals surface area (Å²) in [5, 5.41) is 1.83. The molecule has 0 spiro atoms. The van der Waals surface area contributed by atoms with Crippen molar-refractivity contribution >= 4 is 34.8 Å². The van der Waals surface area contributed by atoms with Crippen LogP contribution in [0.4, 0.5) is 0 Å². The molecule has 3 amide bonds. The lowest BCUT2D eigenvalue weighted by Gasteiger charge is -2.24. The molecule has 3 heterocycles. The third-order valence-corrected chi connectivity index (χ3v) is 5.87. The molecular weight excluding hydrogens is 342 g/mol. The highest BCUT2D eigenvalue weighted by Crippen LogP contribution is 2.32. The summed E-state index contributed by atoms with van der Waals surface area (Å²) in [7, 11) is 0. The third-order valence-electron chi connectivity index (χ3n) is 5.01. The van der Waals surface area contributed by atoms with E-state index in [4.69, 9.17) is 5.73 Å². The average molecular weight is 363 g/mol. The standard InChI is InChI=1S/C17H21N3O4S/c1-10(16(18)23)4-5-14(22)19-7-6-11-15(19)12(21)9-20(11)17(24)13-3-2-8-25-13/h2-3,8,10-11,15H,4-7,9H2,1H3,(H2,18,23). The predicted molar refractivity (Wildman–Crippen MR) is 91.9 cm³/mol. The van der Waals surface area contributed by atoms with Crippen LogP contribution in [0.3, 0.4) is 0 Å². The maximum absolute atomic E-state index is 12.6. The number of amides is 3. The molecule has 134 valence electrons. The number of hydrogen-bond acceptors (Lipinski definition) is 5. The van der Waals surface area contributed by atoms with Crippen molar-refractivity contribution in [3.8, 4) is 0 Å². The van der Waals surface area contributed by atoms with Crippen LogP contribution in [-0.4, -0.2) is 58.5 Å². The van der Waals surface area contributed by atoms with Gasteiger partial charge in [0.05, 0.1) is 17.5 Å². The van der Waals surface area contributed by atoms with Crippen molar-refractivity contribution in [2.24, 2.45) is 11.7 Å². The molecule has 3 atom stereocenters. The van der Waals surface area contributed by atoms with E-state index in [1.807, 2.05) is 5.38 Å². The van der Waals surface area contributed by atoms with Crippen LogP contribution >= 0.6 is 11.3 Å². The summed E-state index contributed by atoms with van der Waals surface area (Å²) in [5.41, 5.74) is 5.22. The quantitative estimate of drug-likeness (QED) is 0.830. The van der Waals surface area contributed by atoms with E-state index >= 15 is 0 Å². The van der Waals surface area contributed by atoms with Crippen LogP contribution in [0.25, 0.3) is 0 Å². The number of carbonyl (C=O) groups excluding carboxylic acids is 4. The first-order chi connectivity index (χ1) is 11.9. The van der Waals surface area contributed by atoms with Crippen molar-refractivity contribution in [3.63, 3.8) is 0 Å². The minimum atomic E-state index is -0.555. The molecule has 0 radical (unpaired) electrons. The normalized spacial score (nSPS) is 23.6. The van der Waals surface area contributed by atoms with E-state index in [0.717, 1.165) is 0 Å². The number of carbonyl (C=O) groups is 4. The second-order valence-electron chi connectivity index (χ2n) is 6.61. The predicted octanol–water partition coefficient (Wildman–Crippen LogP) is 0.644. The smallest absolute Gasteiger partial charge is 0.264 e. The highest BCUT2D eigenvalue weighted by Gasteiger charge is 2.51. The first-order valence-corrected chi connectivity index (χ1v) is 9.24. The maximum Gasteiger partial charge on any atom is 0.264 e. The van der Waals surface area contributed by atoms with E-state index < -0.39 is 11.9 Å². The lowest BCUT2D eigenvalue weighted by molar-refractivity contribution is -0.136. The fraction of sp³-hybridized carbons (Fsp3) is 0.529. The molecule has 0 aromatic carbocycles. The maximum atomic E-state index is 12.6. The van der Waals surface area contributed by atoms with Gasteiger partial charge in [-0.25, -0.2) is 0 Å². The van der Waals surface area contributed by atoms with Crippen molar-refractivity contribution in [1.29, 1.82) is 0 Å². The van der Waals surface area contributed by atoms with Gasteiger partial charge in [0.15, 0.2) is 5.78 Å². The Morgan fingerprint density at radius 3 is 2.76 bits per heavy atom. The Kier molecular flexibility index (Phi) is 4.89. The van der Waals surface area contributed by atoms with Gasteiger partial charge in [-0.2, -0.15) is 0 Å². The van der Waals surface area contributed by atoms with Crippen molar-refractivity contribution in [2.45, 2.75) is 38.3 Å². The van der Waals surface area contributed by atoms with Gasteiger partial charge < -0.3 is 15.5 Å². The van der Waals surface area contributed by atoms with Crippen LogP contribution in [0.1, 0.15) is 35.9 Å². The first-order valence-electron chi connectivity index (χ1n) is 8.36. The van der Waals surface area contributed by atoms with Crippen LogP contribution in [0.5, 0.6) is 0 Å². The monoisotopic (exact) mass is 363 g/mol. The second-order valence-corrected chi connectivity index (χ2v) is 7.55. The summed E-state index contributed by atoms with van der Waals surface area (Å²) in [4.78, 5) is 52.4. The van der Waals surface area contributed by atoms with E-state index in [1.165, 1.54) is 11.3 Å². The Morgan fingerprint density at radius 2 is 2.12 bits per heavy atom. The molecule has 2 fully saturated rings. The highest BCUT2D eigenvalue weighted by atomic mass is 32.1. The van der Waals surface area contributed by atoms with Crippen molar-refractivity contribution in [3.05, 3.63) is 22.4 Å². The van der Waals surface area contributed by atoms with Crippen LogP contribution in [0, 0.1) is 5.92 Å². The largest absolute Gasteiger partial charge is 0.369 e. The summed E-state index contributed by atoms with van der Waals surface area (Å²) in [6.07, 6.45) is 1.15. The van der Waals surface area contributed by atoms with E-state index in [1.54, 1.807) is 28.9 Å². The fourth-order valence-corrected chi connectivity index (χ4v) is 4.22. The minimum absolute atomic E-state index is 0.0491. The molecule has 3 rings (SSSR count). The molecule has 1 aromatic rings. The summed E-state index contributed by atoms with van der Waals surface area (Å²) in [6, 6.07) is 2.74. The fourth-order valence-electron chi connectivity index (χ4n) is 3.54. The van der Waals surface area contributed by atoms with Gasteiger partial charge in [0, 0.05) is 18.9 Å². The van der Waals surface area contributed by atoms with Crippen molar-refractivity contribution in [2.75, 3.05) is 13.1 Å². The van der Waals surface area contributed by atoms with E-state index in [0.29, 0.717) is 24.3 Å². The number of likely N-dealkylation sites (tertiary alicyclic amines) is 2. The molecule has 2 aliphatic rings. The summed E-state index contributed by atoms with van der Waals surface area (Å²) >= 11 is 1.35. The van der Waals surface area contributed by atoms with Crippen LogP contribution in [0.15, 0.2) is 17.5 Å². The Morgan fingerprint density at radius 1 is 1.36 bits per heavy atom. The van der Waals surface area contributed by atoms with Gasteiger partial charge in [0.25, 0.3) is 5.91 Å². The molecule has 25 heavy (non-hydrogen) atoms. The summed E-state index contributed by atoms with van der Waals surface area (Å²) in [6.45, 7) is 2.19. The SMILES string of the molecule is CC(CCC(=O)N1CCC2C1C(=O)CN2C(=O)c1cccs1)C(N)=O. The van der Waals surface area contributed by atoms with Crippen LogP contribution in [0.2, 0.25) is 0 Å². The van der Waals surface area contributed by atoms with Gasteiger partial charge in [-0.05, 0) is 24.3 Å². The number of hydrogen-bond donors (Lipinski definition) is 1. The molecule has 1 aromatic heterocycles. The molecule has 2 N–H and O–H groups in total. The zero-order valence-electron chi connectivity index (χ0n) is 14.0. The van der Waals surface area contributed by atoms with Crippen molar-refractivity contribution < 1.29 is 19.2 Å². The minimum Gasteiger partial charge on any atom is -0.369 e. The molecule has 7 nitrogen and oxygen atoms in total. The van der Waals surface area contributed by atoms with Gasteiger partial charge in [-0.15, -0.1) is 11.3 Å². The van der Waals surface area contributed by atoms with Gasteiger partial charge >= 0.3 is 0 Å². The third kappa shape index (κ3) is 3.30. The average Bonchev–Trinajstić information content (AvgIpc) is 3.29. The Balaban J connectivity index is 1.67. The number of Topliss-reactive ketones (excluding diaryl/α,β-unsaturated/α-hetero) is 1. The lowest BCUT2D eigenvalue weighted by Crippen LogP contribution is -2.43. The molecule has 3 unspecified atom stereocenters. The molecule has 0 saturated carbocycles. The van der Waals surface area contributed by atoms with E-state index in [2.05, 4.69) is 0 Å². The number of nitrogens with zero attached hydrogens (tertiary/aromatic N) is 2. The van der Waals surface area contributed by atoms with E-state index in [9.17, 15) is 19.2 Å². The lowest BCUT2D eigenvalue weighted by atomic mass is 10.0. The van der Waals surface area contributed by atoms with Crippen LogP contribution in [-0.2, 0) is 14.4 Å². The van der Waals surface area contributed by atoms with Gasteiger partial charge in [-0.3, -0.25) is 19.2 Å². The highest BCUT2D eigenvalue weighted by molar-refractivity contribution is 7.12. The van der Waals surface area contributed by atoms with Gasteiger partial charge in [0.1, 0.15) is 6.04 Å². The van der Waals surface area contributed by atoms with E-state index in [-0.39, 0.29) is 42.5 Å². The number of fused-ring (bicyclic) bond motifs is 1. The van der Waals surface area contributed by atoms with Crippen molar-refractivity contribution in [1.82, 2.24) is 9.80 Å². The number of nitrogens with two attached hydrogens (primary N) is 1. The number of primary amides is 1.